The number of benzene rings is 3. The van der Waals surface area contributed by atoms with E-state index in [0.29, 0.717) is 18.8 Å². The van der Waals surface area contributed by atoms with Crippen LogP contribution in [0.3, 0.4) is 0 Å². The van der Waals surface area contributed by atoms with E-state index in [-0.39, 0.29) is 21.4 Å². The first-order valence-corrected chi connectivity index (χ1v) is 13.3. The molecule has 1 aliphatic heterocycles. The zero-order valence-corrected chi connectivity index (χ0v) is 20.5. The molecule has 1 fully saturated rings. The molecule has 5 rings (SSSR count). The molecule has 1 saturated heterocycles. The van der Waals surface area contributed by atoms with Crippen molar-refractivity contribution in [3.8, 4) is 0 Å². The van der Waals surface area contributed by atoms with Gasteiger partial charge in [0.15, 0.2) is 0 Å². The van der Waals surface area contributed by atoms with Gasteiger partial charge in [0.1, 0.15) is 4.90 Å². The van der Waals surface area contributed by atoms with Crippen LogP contribution < -0.4 is 5.32 Å². The molecule has 1 amide bonds. The van der Waals surface area contributed by atoms with Crippen LogP contribution in [0.5, 0.6) is 0 Å². The van der Waals surface area contributed by atoms with Gasteiger partial charge in [0.05, 0.1) is 5.02 Å². The Hall–Kier alpha value is -2.87. The number of nitrogens with one attached hydrogen (secondary N) is 1. The molecule has 3 aromatic carbocycles. The molecule has 0 unspecified atom stereocenters. The maximum Gasteiger partial charge on any atom is 0.255 e. The van der Waals surface area contributed by atoms with E-state index >= 15 is 0 Å². The summed E-state index contributed by atoms with van der Waals surface area (Å²) in [6.07, 6.45) is 2.67. The number of rotatable bonds is 5. The van der Waals surface area contributed by atoms with Crippen molar-refractivity contribution in [2.24, 2.45) is 0 Å². The maximum absolute atomic E-state index is 13.2. The molecule has 34 heavy (non-hydrogen) atoms. The van der Waals surface area contributed by atoms with Gasteiger partial charge in [-0.2, -0.15) is 4.31 Å². The molecule has 4 aromatic rings. The number of amides is 1. The highest BCUT2D eigenvalue weighted by Gasteiger charge is 2.28. The SMILES string of the molecule is CCn1c2ccccc2c2cc(NC(=O)c3ccc(Cl)c(S(=O)(=O)N4CCCCC4)c3)ccc21. The van der Waals surface area contributed by atoms with E-state index in [2.05, 4.69) is 28.9 Å². The Morgan fingerprint density at radius 1 is 0.941 bits per heavy atom. The van der Waals surface area contributed by atoms with Gasteiger partial charge < -0.3 is 9.88 Å². The molecule has 0 aliphatic carbocycles. The zero-order valence-electron chi connectivity index (χ0n) is 18.9. The van der Waals surface area contributed by atoms with Gasteiger partial charge in [0.2, 0.25) is 10.0 Å². The van der Waals surface area contributed by atoms with Crippen molar-refractivity contribution in [2.45, 2.75) is 37.6 Å². The first-order chi connectivity index (χ1) is 16.4. The van der Waals surface area contributed by atoms with Crippen molar-refractivity contribution in [1.29, 1.82) is 0 Å². The smallest absolute Gasteiger partial charge is 0.255 e. The number of hydrogen-bond donors (Lipinski definition) is 1. The molecule has 8 heteroatoms. The van der Waals surface area contributed by atoms with Crippen LogP contribution in [0.4, 0.5) is 5.69 Å². The van der Waals surface area contributed by atoms with Crippen molar-refractivity contribution in [1.82, 2.24) is 8.87 Å². The summed E-state index contributed by atoms with van der Waals surface area (Å²) in [5, 5.41) is 5.22. The van der Waals surface area contributed by atoms with E-state index in [1.165, 1.54) is 16.4 Å². The monoisotopic (exact) mass is 495 g/mol. The van der Waals surface area contributed by atoms with Gasteiger partial charge in [-0.05, 0) is 62.2 Å². The van der Waals surface area contributed by atoms with E-state index in [9.17, 15) is 13.2 Å². The lowest BCUT2D eigenvalue weighted by molar-refractivity contribution is 0.102. The van der Waals surface area contributed by atoms with Crippen LogP contribution in [0.25, 0.3) is 21.8 Å². The van der Waals surface area contributed by atoms with Crippen LogP contribution in [0, 0.1) is 0 Å². The van der Waals surface area contributed by atoms with Crippen molar-refractivity contribution in [2.75, 3.05) is 18.4 Å². The number of hydrogen-bond acceptors (Lipinski definition) is 3. The average molecular weight is 496 g/mol. The Kier molecular flexibility index (Phi) is 6.10. The molecule has 0 saturated carbocycles. The van der Waals surface area contributed by atoms with E-state index < -0.39 is 10.0 Å². The predicted octanol–water partition coefficient (Wildman–Crippen LogP) is 5.89. The quantitative estimate of drug-likeness (QED) is 0.375. The average Bonchev–Trinajstić information content (AvgIpc) is 3.17. The number of fused-ring (bicyclic) bond motifs is 3. The van der Waals surface area contributed by atoms with E-state index in [4.69, 9.17) is 11.6 Å². The third-order valence-corrected chi connectivity index (χ3v) is 8.85. The minimum Gasteiger partial charge on any atom is -0.341 e. The topological polar surface area (TPSA) is 71.4 Å². The van der Waals surface area contributed by atoms with Crippen molar-refractivity contribution in [3.63, 3.8) is 0 Å². The Morgan fingerprint density at radius 3 is 2.44 bits per heavy atom. The highest BCUT2D eigenvalue weighted by molar-refractivity contribution is 7.89. The number of aromatic nitrogens is 1. The van der Waals surface area contributed by atoms with Gasteiger partial charge in [0.25, 0.3) is 5.91 Å². The van der Waals surface area contributed by atoms with Gasteiger partial charge in [-0.25, -0.2) is 8.42 Å². The molecular weight excluding hydrogens is 470 g/mol. The number of sulfonamides is 1. The van der Waals surface area contributed by atoms with Crippen molar-refractivity contribution >= 4 is 55.0 Å². The first-order valence-electron chi connectivity index (χ1n) is 11.5. The number of carbonyl (C=O) groups is 1. The second kappa shape index (κ2) is 9.06. The number of carbonyl (C=O) groups excluding carboxylic acids is 1. The van der Waals surface area contributed by atoms with Gasteiger partial charge in [-0.3, -0.25) is 4.79 Å². The Morgan fingerprint density at radius 2 is 1.68 bits per heavy atom. The number of piperidine rings is 1. The molecule has 0 radical (unpaired) electrons. The molecule has 1 aliphatic rings. The molecular formula is C26H26ClN3O3S. The maximum atomic E-state index is 13.2. The predicted molar refractivity (Wildman–Crippen MR) is 137 cm³/mol. The Balaban J connectivity index is 1.47. The van der Waals surface area contributed by atoms with Gasteiger partial charge in [-0.1, -0.05) is 36.2 Å². The van der Waals surface area contributed by atoms with Crippen molar-refractivity contribution < 1.29 is 13.2 Å². The number of halogens is 1. The highest BCUT2D eigenvalue weighted by atomic mass is 35.5. The minimum absolute atomic E-state index is 0.0230. The van der Waals surface area contributed by atoms with Crippen LogP contribution in [-0.2, 0) is 16.6 Å². The van der Waals surface area contributed by atoms with Crippen LogP contribution in [-0.4, -0.2) is 36.3 Å². The summed E-state index contributed by atoms with van der Waals surface area (Å²) in [5.74, 6) is -0.384. The first kappa shape index (κ1) is 22.9. The van der Waals surface area contributed by atoms with Crippen molar-refractivity contribution in [3.05, 3.63) is 71.2 Å². The summed E-state index contributed by atoms with van der Waals surface area (Å²) in [6.45, 7) is 3.90. The molecule has 0 atom stereocenters. The molecule has 1 aromatic heterocycles. The fourth-order valence-electron chi connectivity index (χ4n) is 4.76. The van der Waals surface area contributed by atoms with E-state index in [0.717, 1.165) is 47.6 Å². The summed E-state index contributed by atoms with van der Waals surface area (Å²) in [7, 11) is -3.76. The lowest BCUT2D eigenvalue weighted by Gasteiger charge is -2.26. The summed E-state index contributed by atoms with van der Waals surface area (Å²) >= 11 is 6.26. The van der Waals surface area contributed by atoms with E-state index in [1.807, 2.05) is 30.3 Å². The van der Waals surface area contributed by atoms with E-state index in [1.54, 1.807) is 6.07 Å². The second-order valence-corrected chi connectivity index (χ2v) is 10.9. The zero-order chi connectivity index (χ0) is 23.9. The van der Waals surface area contributed by atoms with Gasteiger partial charge in [-0.15, -0.1) is 0 Å². The molecule has 176 valence electrons. The fraction of sp³-hybridized carbons (Fsp3) is 0.269. The second-order valence-electron chi connectivity index (χ2n) is 8.56. The number of nitrogens with zero attached hydrogens (tertiary/aromatic N) is 2. The van der Waals surface area contributed by atoms with Gasteiger partial charge >= 0.3 is 0 Å². The molecule has 6 nitrogen and oxygen atoms in total. The van der Waals surface area contributed by atoms with Gasteiger partial charge in [0, 0.05) is 52.7 Å². The highest BCUT2D eigenvalue weighted by Crippen LogP contribution is 2.32. The fourth-order valence-corrected chi connectivity index (χ4v) is 6.78. The minimum atomic E-state index is -3.76. The van der Waals surface area contributed by atoms with Crippen LogP contribution in [0.1, 0.15) is 36.5 Å². The lowest BCUT2D eigenvalue weighted by atomic mass is 10.1. The van der Waals surface area contributed by atoms with Crippen LogP contribution >= 0.6 is 11.6 Å². The lowest BCUT2D eigenvalue weighted by Crippen LogP contribution is -2.35. The number of anilines is 1. The van der Waals surface area contributed by atoms with Crippen LogP contribution in [0.15, 0.2) is 65.6 Å². The largest absolute Gasteiger partial charge is 0.341 e. The normalized spacial score (nSPS) is 15.1. The number of aryl methyl sites for hydroxylation is 1. The molecule has 1 N–H and O–H groups in total. The standard InChI is InChI=1S/C26H26ClN3O3S/c1-2-30-23-9-5-4-8-20(23)21-17-19(11-13-24(21)30)28-26(31)18-10-12-22(27)25(16-18)34(32,33)29-14-6-3-7-15-29/h4-5,8-13,16-17H,2-3,6-7,14-15H2,1H3,(H,28,31). The summed E-state index contributed by atoms with van der Waals surface area (Å²) in [5.41, 5.74) is 3.14. The molecule has 2 heterocycles. The summed E-state index contributed by atoms with van der Waals surface area (Å²) < 4.78 is 30.0. The Labute approximate surface area is 204 Å². The Bertz CT molecular complexity index is 1500. The number of para-hydroxylation sites is 1. The molecule has 0 spiro atoms. The summed E-state index contributed by atoms with van der Waals surface area (Å²) in [4.78, 5) is 13.1. The third-order valence-electron chi connectivity index (χ3n) is 6.47. The third kappa shape index (κ3) is 3.98. The molecule has 0 bridgehead atoms. The summed E-state index contributed by atoms with van der Waals surface area (Å²) in [6, 6.07) is 18.4. The van der Waals surface area contributed by atoms with Crippen LogP contribution in [0.2, 0.25) is 5.02 Å².